The number of methoxy groups -OCH3 is 2. The summed E-state index contributed by atoms with van der Waals surface area (Å²) in [6.07, 6.45) is 8.69. The highest BCUT2D eigenvalue weighted by Gasteiger charge is 2.22. The predicted octanol–water partition coefficient (Wildman–Crippen LogP) is 6.11. The third kappa shape index (κ3) is 7.25. The van der Waals surface area contributed by atoms with Crippen LogP contribution in [0.15, 0.2) is 90.1 Å². The van der Waals surface area contributed by atoms with E-state index < -0.39 is 6.04 Å². The van der Waals surface area contributed by atoms with E-state index in [-0.39, 0.29) is 22.8 Å². The Morgan fingerprint density at radius 2 is 1.89 bits per heavy atom. The second-order valence-electron chi connectivity index (χ2n) is 11.0. The maximum absolute atomic E-state index is 14.5. The molecule has 0 spiro atoms. The molecule has 0 bridgehead atoms. The van der Waals surface area contributed by atoms with Crippen molar-refractivity contribution in [1.29, 1.82) is 0 Å². The Bertz CT molecular complexity index is 1960. The van der Waals surface area contributed by atoms with Gasteiger partial charge in [0.2, 0.25) is 5.95 Å². The number of rotatable bonds is 12. The molecule has 5 aromatic rings. The highest BCUT2D eigenvalue weighted by atomic mass is 35.5. The molecule has 1 atom stereocenters. The molecule has 0 aliphatic rings. The van der Waals surface area contributed by atoms with Gasteiger partial charge in [0.15, 0.2) is 5.78 Å². The van der Waals surface area contributed by atoms with Crippen molar-refractivity contribution in [2.45, 2.75) is 19.4 Å². The lowest BCUT2D eigenvalue weighted by Crippen LogP contribution is -2.27. The number of carbonyl (C=O) groups is 1. The number of carbonyl (C=O) groups excluding carboxylic acids is 1. The SMILES string of the molecule is COc1cc(OC)c(Cl)c(-c2cc3cnc(Nc4cccnc4)nc3n(C(C)c3cccc(CC(=O)/C=C/CN(C)C)c3)c2=O)c1. The number of likely N-dealkylation sites (N-methyl/N-ethyl adjacent to an activating group) is 1. The van der Waals surface area contributed by atoms with Gasteiger partial charge in [-0.3, -0.25) is 19.1 Å². The summed E-state index contributed by atoms with van der Waals surface area (Å²) >= 11 is 6.77. The van der Waals surface area contributed by atoms with E-state index >= 15 is 0 Å². The van der Waals surface area contributed by atoms with E-state index in [0.717, 1.165) is 11.1 Å². The van der Waals surface area contributed by atoms with E-state index in [1.54, 1.807) is 53.5 Å². The number of hydrogen-bond donors (Lipinski definition) is 1. The second-order valence-corrected chi connectivity index (χ2v) is 11.4. The first-order valence-electron chi connectivity index (χ1n) is 14.6. The molecular formula is C35H35ClN6O4. The van der Waals surface area contributed by atoms with Crippen LogP contribution < -0.4 is 20.3 Å². The fourth-order valence-electron chi connectivity index (χ4n) is 5.10. The van der Waals surface area contributed by atoms with Crippen molar-refractivity contribution in [3.63, 3.8) is 0 Å². The Kier molecular flexibility index (Phi) is 10.1. The van der Waals surface area contributed by atoms with Gasteiger partial charge in [0.1, 0.15) is 17.1 Å². The number of benzene rings is 2. The molecular weight excluding hydrogens is 604 g/mol. The van der Waals surface area contributed by atoms with E-state index in [9.17, 15) is 9.59 Å². The standard InChI is InChI=1S/C35H35ClN6O4/c1-22(24-10-6-9-23(15-24)16-27(43)12-8-14-41(2)3)42-33-25(20-38-35(40-33)39-26-11-7-13-37-21-26)17-30(34(42)44)29-18-28(45-4)19-31(46-5)32(29)36/h6-13,15,17-22H,14,16H2,1-5H3,(H,38,39,40)/b12-8+. The second kappa shape index (κ2) is 14.4. The van der Waals surface area contributed by atoms with E-state index in [2.05, 4.69) is 15.3 Å². The van der Waals surface area contributed by atoms with Crippen LogP contribution >= 0.6 is 11.6 Å². The van der Waals surface area contributed by atoms with Crippen LogP contribution in [0.4, 0.5) is 11.6 Å². The first kappa shape index (κ1) is 32.3. The zero-order chi connectivity index (χ0) is 32.8. The molecule has 3 heterocycles. The summed E-state index contributed by atoms with van der Waals surface area (Å²) < 4.78 is 12.6. The number of pyridine rings is 2. The average molecular weight is 639 g/mol. The Morgan fingerprint density at radius 3 is 2.61 bits per heavy atom. The fraction of sp³-hybridized carbons (Fsp3) is 0.229. The van der Waals surface area contributed by atoms with Gasteiger partial charge >= 0.3 is 0 Å². The van der Waals surface area contributed by atoms with E-state index in [4.69, 9.17) is 26.1 Å². The van der Waals surface area contributed by atoms with Crippen LogP contribution in [0.25, 0.3) is 22.2 Å². The molecule has 10 nitrogen and oxygen atoms in total. The minimum absolute atomic E-state index is 0.00302. The zero-order valence-corrected chi connectivity index (χ0v) is 27.1. The number of ketones is 1. The van der Waals surface area contributed by atoms with Gasteiger partial charge in [-0.25, -0.2) is 4.98 Å². The van der Waals surface area contributed by atoms with Gasteiger partial charge in [-0.15, -0.1) is 0 Å². The lowest BCUT2D eigenvalue weighted by atomic mass is 10.00. The largest absolute Gasteiger partial charge is 0.497 e. The molecule has 0 aliphatic heterocycles. The first-order chi connectivity index (χ1) is 22.2. The minimum atomic E-state index is -0.485. The number of anilines is 2. The summed E-state index contributed by atoms with van der Waals surface area (Å²) in [5.74, 6) is 1.16. The Hall–Kier alpha value is -5.06. The predicted molar refractivity (Wildman–Crippen MR) is 182 cm³/mol. The monoisotopic (exact) mass is 638 g/mol. The first-order valence-corrected chi connectivity index (χ1v) is 15.0. The third-order valence-corrected chi connectivity index (χ3v) is 7.81. The number of ether oxygens (including phenoxy) is 2. The molecule has 0 amide bonds. The lowest BCUT2D eigenvalue weighted by Gasteiger charge is -2.21. The summed E-state index contributed by atoms with van der Waals surface area (Å²) in [6, 6.07) is 15.9. The van der Waals surface area contributed by atoms with Crippen LogP contribution in [-0.2, 0) is 11.2 Å². The number of aromatic nitrogens is 4. The number of hydrogen-bond acceptors (Lipinski definition) is 9. The smallest absolute Gasteiger partial charge is 0.260 e. The van der Waals surface area contributed by atoms with Gasteiger partial charge in [0.25, 0.3) is 5.56 Å². The van der Waals surface area contributed by atoms with Crippen LogP contribution in [0.2, 0.25) is 5.02 Å². The molecule has 1 unspecified atom stereocenters. The van der Waals surface area contributed by atoms with Gasteiger partial charge in [0.05, 0.1) is 37.2 Å². The molecule has 2 aromatic carbocycles. The van der Waals surface area contributed by atoms with Gasteiger partial charge in [-0.2, -0.15) is 4.98 Å². The molecule has 0 saturated heterocycles. The highest BCUT2D eigenvalue weighted by molar-refractivity contribution is 6.35. The normalized spacial score (nSPS) is 12.1. The zero-order valence-electron chi connectivity index (χ0n) is 26.3. The Morgan fingerprint density at radius 1 is 1.07 bits per heavy atom. The number of allylic oxidation sites excluding steroid dienone is 1. The van der Waals surface area contributed by atoms with Crippen molar-refractivity contribution >= 4 is 40.1 Å². The third-order valence-electron chi connectivity index (χ3n) is 7.42. The lowest BCUT2D eigenvalue weighted by molar-refractivity contribution is -0.114. The van der Waals surface area contributed by atoms with Crippen LogP contribution in [0.3, 0.4) is 0 Å². The molecule has 11 heteroatoms. The van der Waals surface area contributed by atoms with Crippen LogP contribution in [0, 0.1) is 0 Å². The molecule has 0 aliphatic carbocycles. The van der Waals surface area contributed by atoms with E-state index in [1.165, 1.54) is 14.2 Å². The topological polar surface area (TPSA) is 111 Å². The summed E-state index contributed by atoms with van der Waals surface area (Å²) in [5, 5.41) is 4.05. The quantitative estimate of drug-likeness (QED) is 0.162. The maximum Gasteiger partial charge on any atom is 0.260 e. The van der Waals surface area contributed by atoms with Crippen molar-refractivity contribution in [1.82, 2.24) is 24.4 Å². The van der Waals surface area contributed by atoms with Crippen LogP contribution in [0.1, 0.15) is 24.1 Å². The molecule has 1 N–H and O–H groups in total. The Balaban J connectivity index is 1.65. The van der Waals surface area contributed by atoms with E-state index in [1.807, 2.05) is 62.3 Å². The molecule has 5 rings (SSSR count). The van der Waals surface area contributed by atoms with Crippen molar-refractivity contribution in [2.75, 3.05) is 40.2 Å². The van der Waals surface area contributed by atoms with Crippen LogP contribution in [-0.4, -0.2) is 65.1 Å². The molecule has 0 radical (unpaired) electrons. The number of halogens is 1. The summed E-state index contributed by atoms with van der Waals surface area (Å²) in [6.45, 7) is 2.60. The fourth-order valence-corrected chi connectivity index (χ4v) is 5.39. The van der Waals surface area contributed by atoms with Crippen molar-refractivity contribution in [2.24, 2.45) is 0 Å². The highest BCUT2D eigenvalue weighted by Crippen LogP contribution is 2.39. The molecule has 46 heavy (non-hydrogen) atoms. The molecule has 0 fully saturated rings. The molecule has 236 valence electrons. The van der Waals surface area contributed by atoms with Gasteiger partial charge in [-0.1, -0.05) is 41.9 Å². The van der Waals surface area contributed by atoms with Crippen molar-refractivity contribution in [3.05, 3.63) is 112 Å². The van der Waals surface area contributed by atoms with Gasteiger partial charge in [-0.05, 0) is 62.5 Å². The summed E-state index contributed by atoms with van der Waals surface area (Å²) in [5.41, 5.74) is 3.25. The Labute approximate surface area is 272 Å². The molecule has 0 saturated carbocycles. The maximum atomic E-state index is 14.5. The van der Waals surface area contributed by atoms with E-state index in [0.29, 0.717) is 51.8 Å². The number of nitrogens with one attached hydrogen (secondary N) is 1. The average Bonchev–Trinajstić information content (AvgIpc) is 3.05. The number of fused-ring (bicyclic) bond motifs is 1. The van der Waals surface area contributed by atoms with Crippen LogP contribution in [0.5, 0.6) is 11.5 Å². The summed E-state index contributed by atoms with van der Waals surface area (Å²) in [4.78, 5) is 42.6. The van der Waals surface area contributed by atoms with Crippen molar-refractivity contribution < 1.29 is 14.3 Å². The minimum Gasteiger partial charge on any atom is -0.497 e. The molecule has 3 aromatic heterocycles. The van der Waals surface area contributed by atoms with Gasteiger partial charge < -0.3 is 19.7 Å². The number of nitrogens with zero attached hydrogens (tertiary/aromatic N) is 5. The van der Waals surface area contributed by atoms with Gasteiger partial charge in [0, 0.05) is 47.9 Å². The summed E-state index contributed by atoms with van der Waals surface area (Å²) in [7, 11) is 6.93. The van der Waals surface area contributed by atoms with Crippen molar-refractivity contribution in [3.8, 4) is 22.6 Å².